The molecule has 11 heteroatoms. The number of amides is 1. The van der Waals surface area contributed by atoms with Gasteiger partial charge in [-0.15, -0.1) is 4.73 Å². The van der Waals surface area contributed by atoms with E-state index in [9.17, 15) is 29.4 Å². The van der Waals surface area contributed by atoms with Gasteiger partial charge in [-0.1, -0.05) is 60.7 Å². The van der Waals surface area contributed by atoms with Crippen molar-refractivity contribution in [3.8, 4) is 11.8 Å². The quantitative estimate of drug-likeness (QED) is 0.245. The second kappa shape index (κ2) is 13.9. The summed E-state index contributed by atoms with van der Waals surface area (Å²) in [6.45, 7) is 2.53. The van der Waals surface area contributed by atoms with Crippen LogP contribution in [0.25, 0.3) is 0 Å². The first-order valence-electron chi connectivity index (χ1n) is 14.2. The number of hydrogen-bond acceptors (Lipinski definition) is 9. The van der Waals surface area contributed by atoms with Crippen LogP contribution in [0.5, 0.6) is 11.8 Å². The van der Waals surface area contributed by atoms with Crippen LogP contribution in [0.1, 0.15) is 56.8 Å². The Bertz CT molecular complexity index is 1400. The number of carbonyl (C=O) groups is 4. The lowest BCUT2D eigenvalue weighted by Crippen LogP contribution is -2.54. The molecular weight excluding hydrogens is 556 g/mol. The molecule has 2 unspecified atom stereocenters. The molecule has 2 atom stereocenters. The van der Waals surface area contributed by atoms with Gasteiger partial charge in [-0.25, -0.2) is 9.59 Å². The van der Waals surface area contributed by atoms with E-state index in [1.807, 2.05) is 60.7 Å². The first-order chi connectivity index (χ1) is 20.6. The van der Waals surface area contributed by atoms with Crippen molar-refractivity contribution in [3.05, 3.63) is 83.9 Å². The molecule has 0 bridgehead atoms. The molecule has 43 heavy (non-hydrogen) atoms. The molecule has 0 saturated carbocycles. The lowest BCUT2D eigenvalue weighted by Gasteiger charge is -2.36. The summed E-state index contributed by atoms with van der Waals surface area (Å²) >= 11 is 0. The summed E-state index contributed by atoms with van der Waals surface area (Å²) in [5.74, 6) is -3.39. The second-order valence-corrected chi connectivity index (χ2v) is 11.1. The highest BCUT2D eigenvalue weighted by molar-refractivity contribution is 6.38. The normalized spacial score (nSPS) is 15.8. The number of ketones is 1. The van der Waals surface area contributed by atoms with Gasteiger partial charge in [-0.3, -0.25) is 14.4 Å². The third-order valence-electron chi connectivity index (χ3n) is 7.33. The van der Waals surface area contributed by atoms with E-state index in [2.05, 4.69) is 0 Å². The molecule has 1 aliphatic rings. The van der Waals surface area contributed by atoms with Crippen molar-refractivity contribution in [2.24, 2.45) is 5.41 Å². The Balaban J connectivity index is 1.41. The van der Waals surface area contributed by atoms with Crippen molar-refractivity contribution in [2.75, 3.05) is 13.2 Å². The molecule has 2 aromatic carbocycles. The Kier molecular flexibility index (Phi) is 10.1. The number of likely N-dealkylation sites (tertiary alicyclic amines) is 1. The van der Waals surface area contributed by atoms with Crippen molar-refractivity contribution in [3.63, 3.8) is 0 Å². The SMILES string of the molecule is CC(C)(COC(=O)On1c(O)ccc1O)C(=O)C(=O)N1CCCCC1C(=O)OC(CCc1ccccc1)c1ccccc1. The Morgan fingerprint density at radius 1 is 0.907 bits per heavy atom. The Labute approximate surface area is 249 Å². The zero-order chi connectivity index (χ0) is 31.0. The van der Waals surface area contributed by atoms with Crippen molar-refractivity contribution in [1.82, 2.24) is 9.63 Å². The lowest BCUT2D eigenvalue weighted by molar-refractivity contribution is -0.165. The number of aromatic hydroxyl groups is 2. The number of hydrogen-bond donors (Lipinski definition) is 2. The van der Waals surface area contributed by atoms with Gasteiger partial charge in [0.15, 0.2) is 0 Å². The zero-order valence-electron chi connectivity index (χ0n) is 24.2. The molecule has 228 valence electrons. The number of piperidine rings is 1. The van der Waals surface area contributed by atoms with Gasteiger partial charge in [0, 0.05) is 18.7 Å². The molecule has 0 spiro atoms. The van der Waals surface area contributed by atoms with E-state index in [0.717, 1.165) is 23.3 Å². The number of rotatable bonds is 11. The summed E-state index contributed by atoms with van der Waals surface area (Å²) in [6, 6.07) is 20.5. The van der Waals surface area contributed by atoms with Gasteiger partial charge in [-0.2, -0.15) is 0 Å². The number of carbonyl (C=O) groups excluding carboxylic acids is 4. The first kappa shape index (κ1) is 31.1. The average molecular weight is 593 g/mol. The first-order valence-corrected chi connectivity index (χ1v) is 14.2. The lowest BCUT2D eigenvalue weighted by atomic mass is 9.87. The Hall–Kier alpha value is -4.80. The summed E-state index contributed by atoms with van der Waals surface area (Å²) < 4.78 is 11.5. The Morgan fingerprint density at radius 3 is 2.19 bits per heavy atom. The Morgan fingerprint density at radius 2 is 1.53 bits per heavy atom. The van der Waals surface area contributed by atoms with Crippen LogP contribution >= 0.6 is 0 Å². The maximum Gasteiger partial charge on any atom is 0.534 e. The molecular formula is C32H36N2O9. The molecule has 1 aliphatic heterocycles. The van der Waals surface area contributed by atoms with Crippen LogP contribution < -0.4 is 4.84 Å². The third kappa shape index (κ3) is 7.94. The van der Waals surface area contributed by atoms with Gasteiger partial charge >= 0.3 is 12.1 Å². The number of esters is 1. The minimum absolute atomic E-state index is 0.204. The van der Waals surface area contributed by atoms with E-state index < -0.39 is 59.7 Å². The molecule has 0 aliphatic carbocycles. The number of aromatic nitrogens is 1. The minimum Gasteiger partial charge on any atom is -0.492 e. The van der Waals surface area contributed by atoms with Crippen molar-refractivity contribution in [2.45, 2.75) is 58.1 Å². The third-order valence-corrected chi connectivity index (χ3v) is 7.33. The maximum atomic E-state index is 13.5. The highest BCUT2D eigenvalue weighted by Gasteiger charge is 2.42. The van der Waals surface area contributed by atoms with Gasteiger partial charge in [0.25, 0.3) is 5.91 Å². The van der Waals surface area contributed by atoms with Crippen LogP contribution in [0.2, 0.25) is 0 Å². The monoisotopic (exact) mass is 592 g/mol. The van der Waals surface area contributed by atoms with Crippen LogP contribution in [-0.4, -0.2) is 62.9 Å². The fourth-order valence-corrected chi connectivity index (χ4v) is 4.86. The van der Waals surface area contributed by atoms with E-state index in [0.29, 0.717) is 36.8 Å². The van der Waals surface area contributed by atoms with E-state index in [4.69, 9.17) is 14.3 Å². The predicted molar refractivity (Wildman–Crippen MR) is 154 cm³/mol. The molecule has 1 aromatic heterocycles. The average Bonchev–Trinajstić information content (AvgIpc) is 3.34. The smallest absolute Gasteiger partial charge is 0.492 e. The van der Waals surface area contributed by atoms with Gasteiger partial charge < -0.3 is 24.6 Å². The van der Waals surface area contributed by atoms with Gasteiger partial charge in [0.1, 0.15) is 18.8 Å². The van der Waals surface area contributed by atoms with E-state index in [1.54, 1.807) is 0 Å². The molecule has 3 aromatic rings. The van der Waals surface area contributed by atoms with Gasteiger partial charge in [-0.05, 0) is 57.1 Å². The number of nitrogens with zero attached hydrogens (tertiary/aromatic N) is 2. The standard InChI is InChI=1S/C32H36N2O9/c1-32(2,21-41-31(40)43-34-26(35)18-19-27(34)36)28(37)29(38)33-20-10-9-15-24(33)30(39)42-25(23-13-7-4-8-14-23)17-16-22-11-5-3-6-12-22/h3-8,11-14,18-19,24-25,35-36H,9-10,15-17,20-21H2,1-2H3. The molecule has 4 rings (SSSR count). The molecule has 1 saturated heterocycles. The number of aryl methyl sites for hydroxylation is 1. The van der Waals surface area contributed by atoms with Crippen LogP contribution in [0.4, 0.5) is 4.79 Å². The number of Topliss-reactive ketones (excluding diaryl/α,β-unsaturated/α-hetero) is 1. The van der Waals surface area contributed by atoms with Gasteiger partial charge in [0.05, 0.1) is 5.41 Å². The van der Waals surface area contributed by atoms with Crippen LogP contribution in [-0.2, 0) is 30.3 Å². The van der Waals surface area contributed by atoms with Crippen LogP contribution in [0.3, 0.4) is 0 Å². The van der Waals surface area contributed by atoms with Gasteiger partial charge in [0.2, 0.25) is 17.5 Å². The van der Waals surface area contributed by atoms with Crippen molar-refractivity contribution < 1.29 is 43.7 Å². The van der Waals surface area contributed by atoms with E-state index in [1.165, 1.54) is 18.7 Å². The second-order valence-electron chi connectivity index (χ2n) is 11.1. The summed E-state index contributed by atoms with van der Waals surface area (Å²) in [6.07, 6.45) is 1.03. The summed E-state index contributed by atoms with van der Waals surface area (Å²) in [5, 5.41) is 19.2. The largest absolute Gasteiger partial charge is 0.534 e. The highest BCUT2D eigenvalue weighted by Crippen LogP contribution is 2.28. The molecule has 11 nitrogen and oxygen atoms in total. The highest BCUT2D eigenvalue weighted by atomic mass is 16.8. The molecule has 1 amide bonds. The zero-order valence-corrected chi connectivity index (χ0v) is 24.2. The van der Waals surface area contributed by atoms with Crippen molar-refractivity contribution in [1.29, 1.82) is 0 Å². The summed E-state index contributed by atoms with van der Waals surface area (Å²) in [5.41, 5.74) is 0.475. The fourth-order valence-electron chi connectivity index (χ4n) is 4.86. The van der Waals surface area contributed by atoms with Crippen molar-refractivity contribution >= 4 is 23.8 Å². The minimum atomic E-state index is -1.47. The summed E-state index contributed by atoms with van der Waals surface area (Å²) in [7, 11) is 0. The number of ether oxygens (including phenoxy) is 2. The maximum absolute atomic E-state index is 13.5. The molecule has 2 N–H and O–H groups in total. The van der Waals surface area contributed by atoms with Crippen LogP contribution in [0, 0.1) is 5.41 Å². The topological polar surface area (TPSA) is 145 Å². The molecule has 0 radical (unpaired) electrons. The van der Waals surface area contributed by atoms with E-state index in [-0.39, 0.29) is 6.54 Å². The van der Waals surface area contributed by atoms with Crippen LogP contribution in [0.15, 0.2) is 72.8 Å². The summed E-state index contributed by atoms with van der Waals surface area (Å²) in [4.78, 5) is 58.4. The molecule has 1 fully saturated rings. The van der Waals surface area contributed by atoms with E-state index >= 15 is 0 Å². The molecule has 2 heterocycles. The number of benzene rings is 2. The fraction of sp³-hybridized carbons (Fsp3) is 0.375. The predicted octanol–water partition coefficient (Wildman–Crippen LogP) is 4.36.